The van der Waals surface area contributed by atoms with Gasteiger partial charge in [0.15, 0.2) is 0 Å². The summed E-state index contributed by atoms with van der Waals surface area (Å²) in [5.74, 6) is 0. The van der Waals surface area contributed by atoms with E-state index in [-0.39, 0.29) is 5.41 Å². The Morgan fingerprint density at radius 1 is 1.36 bits per heavy atom. The Morgan fingerprint density at radius 3 is 2.86 bits per heavy atom. The van der Waals surface area contributed by atoms with E-state index in [1.165, 1.54) is 34.0 Å². The summed E-state index contributed by atoms with van der Waals surface area (Å²) in [6.07, 6.45) is 7.69. The van der Waals surface area contributed by atoms with Gasteiger partial charge in [-0.15, -0.1) is 11.3 Å². The van der Waals surface area contributed by atoms with E-state index < -0.39 is 0 Å². The molecule has 120 valence electrons. The normalized spacial score (nSPS) is 18.5. The first-order chi connectivity index (χ1) is 10.5. The van der Waals surface area contributed by atoms with Crippen molar-refractivity contribution in [3.63, 3.8) is 0 Å². The molecule has 0 aromatic carbocycles. The number of nitrogens with one attached hydrogen (secondary N) is 1. The molecule has 0 spiro atoms. The van der Waals surface area contributed by atoms with Gasteiger partial charge in [-0.2, -0.15) is 5.10 Å². The van der Waals surface area contributed by atoms with Crippen LogP contribution in [0.5, 0.6) is 0 Å². The second kappa shape index (κ2) is 6.13. The molecule has 1 atom stereocenters. The van der Waals surface area contributed by atoms with E-state index in [4.69, 9.17) is 0 Å². The fourth-order valence-electron chi connectivity index (χ4n) is 3.06. The third-order valence-corrected chi connectivity index (χ3v) is 5.70. The molecular formula is C17H26N4S. The fraction of sp³-hybridized carbons (Fsp3) is 0.647. The van der Waals surface area contributed by atoms with Crippen molar-refractivity contribution in [3.8, 4) is 0 Å². The number of rotatable bonds is 4. The number of nitrogens with zero attached hydrogens (tertiary/aromatic N) is 3. The van der Waals surface area contributed by atoms with Crippen LogP contribution < -0.4 is 5.32 Å². The SMILES string of the molecule is CCn1ncc2c1CCCC2NCc1cnc(C(C)(C)C)s1. The summed E-state index contributed by atoms with van der Waals surface area (Å²) in [7, 11) is 0. The first-order valence-electron chi connectivity index (χ1n) is 8.22. The molecule has 0 saturated carbocycles. The van der Waals surface area contributed by atoms with Gasteiger partial charge in [-0.05, 0) is 26.2 Å². The summed E-state index contributed by atoms with van der Waals surface area (Å²) in [5.41, 5.74) is 2.96. The summed E-state index contributed by atoms with van der Waals surface area (Å²) in [6.45, 7) is 10.7. The van der Waals surface area contributed by atoms with E-state index in [9.17, 15) is 0 Å². The third-order valence-electron chi connectivity index (χ3n) is 4.28. The van der Waals surface area contributed by atoms with E-state index in [2.05, 4.69) is 54.0 Å². The molecule has 2 heterocycles. The Kier molecular flexibility index (Phi) is 4.37. The third kappa shape index (κ3) is 3.10. The maximum Gasteiger partial charge on any atom is 0.0981 e. The Labute approximate surface area is 137 Å². The Balaban J connectivity index is 1.68. The second-order valence-electron chi connectivity index (χ2n) is 7.07. The molecule has 1 aliphatic rings. The standard InChI is InChI=1S/C17H26N4S/c1-5-21-15-8-6-7-14(13(15)11-20-21)18-9-12-10-19-16(22-12)17(2,3)4/h10-11,14,18H,5-9H2,1-4H3. The molecular weight excluding hydrogens is 292 g/mol. The van der Waals surface area contributed by atoms with Gasteiger partial charge >= 0.3 is 0 Å². The monoisotopic (exact) mass is 318 g/mol. The molecule has 3 rings (SSSR count). The summed E-state index contributed by atoms with van der Waals surface area (Å²) in [4.78, 5) is 5.89. The van der Waals surface area contributed by atoms with Gasteiger partial charge in [-0.1, -0.05) is 20.8 Å². The van der Waals surface area contributed by atoms with Crippen molar-refractivity contribution < 1.29 is 0 Å². The van der Waals surface area contributed by atoms with Gasteiger partial charge in [0.1, 0.15) is 0 Å². The zero-order valence-electron chi connectivity index (χ0n) is 14.0. The highest BCUT2D eigenvalue weighted by molar-refractivity contribution is 7.11. The Hall–Kier alpha value is -1.20. The molecule has 5 heteroatoms. The lowest BCUT2D eigenvalue weighted by atomic mass is 9.93. The summed E-state index contributed by atoms with van der Waals surface area (Å²) in [5, 5.41) is 9.45. The highest BCUT2D eigenvalue weighted by atomic mass is 32.1. The van der Waals surface area contributed by atoms with Crippen LogP contribution in [0.25, 0.3) is 0 Å². The highest BCUT2D eigenvalue weighted by Gasteiger charge is 2.24. The second-order valence-corrected chi connectivity index (χ2v) is 8.19. The summed E-state index contributed by atoms with van der Waals surface area (Å²) >= 11 is 1.82. The number of aromatic nitrogens is 3. The molecule has 1 N–H and O–H groups in total. The molecule has 2 aromatic heterocycles. The van der Waals surface area contributed by atoms with Gasteiger partial charge < -0.3 is 5.32 Å². The van der Waals surface area contributed by atoms with Crippen molar-refractivity contribution in [1.29, 1.82) is 0 Å². The minimum Gasteiger partial charge on any atom is -0.305 e. The minimum absolute atomic E-state index is 0.142. The molecule has 0 saturated heterocycles. The van der Waals surface area contributed by atoms with E-state index in [1.54, 1.807) is 0 Å². The summed E-state index contributed by atoms with van der Waals surface area (Å²) < 4.78 is 2.15. The predicted octanol–water partition coefficient (Wildman–Crippen LogP) is 3.82. The van der Waals surface area contributed by atoms with Crippen LogP contribution in [0.4, 0.5) is 0 Å². The van der Waals surface area contributed by atoms with Crippen molar-refractivity contribution in [2.24, 2.45) is 0 Å². The molecule has 22 heavy (non-hydrogen) atoms. The van der Waals surface area contributed by atoms with Crippen molar-refractivity contribution in [3.05, 3.63) is 33.5 Å². The van der Waals surface area contributed by atoms with Crippen LogP contribution in [0.15, 0.2) is 12.4 Å². The molecule has 1 aliphatic carbocycles. The predicted molar refractivity (Wildman–Crippen MR) is 91.2 cm³/mol. The molecule has 2 aromatic rings. The smallest absolute Gasteiger partial charge is 0.0981 e. The average Bonchev–Trinajstić information content (AvgIpc) is 3.11. The molecule has 0 amide bonds. The van der Waals surface area contributed by atoms with Gasteiger partial charge in [0.2, 0.25) is 0 Å². The van der Waals surface area contributed by atoms with Crippen LogP contribution in [0.2, 0.25) is 0 Å². The number of hydrogen-bond acceptors (Lipinski definition) is 4. The van der Waals surface area contributed by atoms with Crippen LogP contribution >= 0.6 is 11.3 Å². The van der Waals surface area contributed by atoms with Gasteiger partial charge in [0, 0.05) is 46.9 Å². The lowest BCUT2D eigenvalue weighted by Gasteiger charge is -2.24. The van der Waals surface area contributed by atoms with Crippen molar-refractivity contribution in [1.82, 2.24) is 20.1 Å². The van der Waals surface area contributed by atoms with Gasteiger partial charge in [-0.3, -0.25) is 4.68 Å². The lowest BCUT2D eigenvalue weighted by Crippen LogP contribution is -2.24. The zero-order chi connectivity index (χ0) is 15.7. The van der Waals surface area contributed by atoms with E-state index in [0.717, 1.165) is 19.5 Å². The van der Waals surface area contributed by atoms with Crippen molar-refractivity contribution >= 4 is 11.3 Å². The molecule has 1 unspecified atom stereocenters. The van der Waals surface area contributed by atoms with Crippen LogP contribution in [0.1, 0.15) is 67.7 Å². The van der Waals surface area contributed by atoms with E-state index in [0.29, 0.717) is 6.04 Å². The molecule has 0 radical (unpaired) electrons. The average molecular weight is 318 g/mol. The number of aryl methyl sites for hydroxylation is 1. The topological polar surface area (TPSA) is 42.7 Å². The van der Waals surface area contributed by atoms with Crippen LogP contribution in [0.3, 0.4) is 0 Å². The largest absolute Gasteiger partial charge is 0.305 e. The van der Waals surface area contributed by atoms with E-state index in [1.807, 2.05) is 17.5 Å². The first-order valence-corrected chi connectivity index (χ1v) is 9.04. The maximum absolute atomic E-state index is 4.57. The van der Waals surface area contributed by atoms with Gasteiger partial charge in [-0.25, -0.2) is 4.98 Å². The van der Waals surface area contributed by atoms with Crippen LogP contribution in [0, 0.1) is 0 Å². The molecule has 0 bridgehead atoms. The molecule has 4 nitrogen and oxygen atoms in total. The minimum atomic E-state index is 0.142. The lowest BCUT2D eigenvalue weighted by molar-refractivity contribution is 0.449. The quantitative estimate of drug-likeness (QED) is 0.932. The number of thiazole rings is 1. The number of fused-ring (bicyclic) bond motifs is 1. The Morgan fingerprint density at radius 2 is 2.18 bits per heavy atom. The van der Waals surface area contributed by atoms with Crippen LogP contribution in [-0.4, -0.2) is 14.8 Å². The first kappa shape index (κ1) is 15.7. The fourth-order valence-corrected chi connectivity index (χ4v) is 3.98. The zero-order valence-corrected chi connectivity index (χ0v) is 14.8. The van der Waals surface area contributed by atoms with Crippen molar-refractivity contribution in [2.45, 2.75) is 71.5 Å². The van der Waals surface area contributed by atoms with Gasteiger partial charge in [0.05, 0.1) is 11.2 Å². The molecule has 0 aliphatic heterocycles. The molecule has 0 fully saturated rings. The summed E-state index contributed by atoms with van der Waals surface area (Å²) in [6, 6.07) is 0.434. The van der Waals surface area contributed by atoms with E-state index >= 15 is 0 Å². The van der Waals surface area contributed by atoms with Gasteiger partial charge in [0.25, 0.3) is 0 Å². The number of hydrogen-bond donors (Lipinski definition) is 1. The van der Waals surface area contributed by atoms with Crippen LogP contribution in [-0.2, 0) is 24.9 Å². The Bertz CT molecular complexity index is 635. The maximum atomic E-state index is 4.57. The highest BCUT2D eigenvalue weighted by Crippen LogP contribution is 2.31. The van der Waals surface area contributed by atoms with Crippen molar-refractivity contribution in [2.75, 3.05) is 0 Å².